The fraction of sp³-hybridized carbons (Fsp3) is 0.263. The molecule has 4 heteroatoms. The van der Waals surface area contributed by atoms with E-state index >= 15 is 0 Å². The zero-order valence-corrected chi connectivity index (χ0v) is 13.3. The van der Waals surface area contributed by atoms with Gasteiger partial charge in [-0.15, -0.1) is 0 Å². The third kappa shape index (κ3) is 3.97. The Morgan fingerprint density at radius 2 is 1.96 bits per heavy atom. The Labute approximate surface area is 136 Å². The van der Waals surface area contributed by atoms with Crippen LogP contribution in [0.1, 0.15) is 30.9 Å². The normalized spacial score (nSPS) is 10.8. The Bertz CT molecular complexity index is 793. The lowest BCUT2D eigenvalue weighted by atomic mass is 10.1. The second-order valence-corrected chi connectivity index (χ2v) is 5.75. The number of unbranched alkanes of at least 4 members (excludes halogenated alkanes) is 1. The quantitative estimate of drug-likeness (QED) is 0.720. The number of aromatic amines is 1. The van der Waals surface area contributed by atoms with Gasteiger partial charge in [-0.25, -0.2) is 4.98 Å². The van der Waals surface area contributed by atoms with Crippen LogP contribution in [-0.2, 0) is 17.6 Å². The lowest BCUT2D eigenvalue weighted by Gasteiger charge is -2.01. The van der Waals surface area contributed by atoms with Gasteiger partial charge in [0.2, 0.25) is 11.9 Å². The number of hydrogen-bond donors (Lipinski definition) is 2. The van der Waals surface area contributed by atoms with Gasteiger partial charge in [0.15, 0.2) is 0 Å². The zero-order chi connectivity index (χ0) is 16.1. The first kappa shape index (κ1) is 15.3. The fourth-order valence-electron chi connectivity index (χ4n) is 2.61. The molecule has 3 rings (SSSR count). The maximum absolute atomic E-state index is 12.1. The van der Waals surface area contributed by atoms with Crippen molar-refractivity contribution in [2.75, 3.05) is 5.32 Å². The van der Waals surface area contributed by atoms with E-state index in [9.17, 15) is 4.79 Å². The van der Waals surface area contributed by atoms with Crippen molar-refractivity contribution >= 4 is 22.9 Å². The van der Waals surface area contributed by atoms with Crippen molar-refractivity contribution in [1.82, 2.24) is 9.97 Å². The number of nitrogens with zero attached hydrogens (tertiary/aromatic N) is 1. The number of aryl methyl sites for hydroxylation is 1. The third-order valence-corrected chi connectivity index (χ3v) is 3.83. The predicted octanol–water partition coefficient (Wildman–Crippen LogP) is 4.09. The summed E-state index contributed by atoms with van der Waals surface area (Å²) in [6.07, 6.45) is 3.78. The summed E-state index contributed by atoms with van der Waals surface area (Å²) in [5, 5.41) is 2.84. The van der Waals surface area contributed by atoms with Crippen LogP contribution in [-0.4, -0.2) is 15.9 Å². The van der Waals surface area contributed by atoms with Crippen molar-refractivity contribution in [3.05, 3.63) is 59.7 Å². The van der Waals surface area contributed by atoms with Crippen LogP contribution in [0.4, 0.5) is 5.95 Å². The average Bonchev–Trinajstić information content (AvgIpc) is 2.95. The predicted molar refractivity (Wildman–Crippen MR) is 93.5 cm³/mol. The summed E-state index contributed by atoms with van der Waals surface area (Å²) >= 11 is 0. The SMILES string of the molecule is CCCCc1ccc2nc(NC(=O)Cc3ccccc3)[nH]c2c1. The number of aromatic nitrogens is 2. The molecular formula is C19H21N3O. The number of imidazole rings is 1. The molecule has 0 unspecified atom stereocenters. The van der Waals surface area contributed by atoms with Gasteiger partial charge in [-0.2, -0.15) is 0 Å². The second kappa shape index (κ2) is 7.09. The highest BCUT2D eigenvalue weighted by molar-refractivity contribution is 5.92. The van der Waals surface area contributed by atoms with Gasteiger partial charge in [0.05, 0.1) is 17.5 Å². The van der Waals surface area contributed by atoms with Crippen LogP contribution in [0, 0.1) is 0 Å². The van der Waals surface area contributed by atoms with Crippen LogP contribution >= 0.6 is 0 Å². The number of nitrogens with one attached hydrogen (secondary N) is 2. The molecule has 0 radical (unpaired) electrons. The smallest absolute Gasteiger partial charge is 0.231 e. The molecule has 0 aliphatic carbocycles. The number of fused-ring (bicyclic) bond motifs is 1. The Morgan fingerprint density at radius 1 is 1.13 bits per heavy atom. The van der Waals surface area contributed by atoms with E-state index in [1.54, 1.807) is 0 Å². The Morgan fingerprint density at radius 3 is 2.74 bits per heavy atom. The number of hydrogen-bond acceptors (Lipinski definition) is 2. The Kier molecular flexibility index (Phi) is 4.71. The summed E-state index contributed by atoms with van der Waals surface area (Å²) in [7, 11) is 0. The van der Waals surface area contributed by atoms with Gasteiger partial charge in [-0.1, -0.05) is 49.7 Å². The summed E-state index contributed by atoms with van der Waals surface area (Å²) < 4.78 is 0. The molecule has 23 heavy (non-hydrogen) atoms. The van der Waals surface area contributed by atoms with E-state index in [4.69, 9.17) is 0 Å². The van der Waals surface area contributed by atoms with E-state index in [1.165, 1.54) is 18.4 Å². The topological polar surface area (TPSA) is 57.8 Å². The summed E-state index contributed by atoms with van der Waals surface area (Å²) in [6.45, 7) is 2.19. The molecule has 0 saturated carbocycles. The molecule has 0 atom stereocenters. The van der Waals surface area contributed by atoms with Gasteiger partial charge in [0.25, 0.3) is 0 Å². The van der Waals surface area contributed by atoms with Gasteiger partial charge in [0.1, 0.15) is 0 Å². The van der Waals surface area contributed by atoms with E-state index in [0.29, 0.717) is 12.4 Å². The van der Waals surface area contributed by atoms with Crippen LogP contribution in [0.3, 0.4) is 0 Å². The highest BCUT2D eigenvalue weighted by Crippen LogP contribution is 2.17. The lowest BCUT2D eigenvalue weighted by molar-refractivity contribution is -0.115. The molecule has 1 heterocycles. The van der Waals surface area contributed by atoms with Gasteiger partial charge in [0, 0.05) is 0 Å². The average molecular weight is 307 g/mol. The molecule has 3 aromatic rings. The van der Waals surface area contributed by atoms with Gasteiger partial charge >= 0.3 is 0 Å². The lowest BCUT2D eigenvalue weighted by Crippen LogP contribution is -2.15. The molecule has 0 spiro atoms. The van der Waals surface area contributed by atoms with E-state index < -0.39 is 0 Å². The van der Waals surface area contributed by atoms with Crippen LogP contribution in [0.5, 0.6) is 0 Å². The van der Waals surface area contributed by atoms with Crippen molar-refractivity contribution in [2.45, 2.75) is 32.6 Å². The first-order chi connectivity index (χ1) is 11.2. The van der Waals surface area contributed by atoms with Crippen molar-refractivity contribution in [1.29, 1.82) is 0 Å². The third-order valence-electron chi connectivity index (χ3n) is 3.83. The summed E-state index contributed by atoms with van der Waals surface area (Å²) in [5.41, 5.74) is 4.13. The van der Waals surface area contributed by atoms with Crippen LogP contribution in [0.25, 0.3) is 11.0 Å². The molecule has 0 saturated heterocycles. The van der Waals surface area contributed by atoms with Crippen LogP contribution in [0.15, 0.2) is 48.5 Å². The molecule has 1 aromatic heterocycles. The summed E-state index contributed by atoms with van der Waals surface area (Å²) in [6, 6.07) is 15.9. The molecule has 2 N–H and O–H groups in total. The second-order valence-electron chi connectivity index (χ2n) is 5.75. The first-order valence-corrected chi connectivity index (χ1v) is 8.07. The van der Waals surface area contributed by atoms with E-state index in [2.05, 4.69) is 34.3 Å². The molecule has 118 valence electrons. The molecule has 4 nitrogen and oxygen atoms in total. The maximum atomic E-state index is 12.1. The molecule has 0 fully saturated rings. The van der Waals surface area contributed by atoms with Crippen molar-refractivity contribution in [2.24, 2.45) is 0 Å². The molecule has 0 aliphatic rings. The largest absolute Gasteiger partial charge is 0.324 e. The van der Waals surface area contributed by atoms with Crippen LogP contribution in [0.2, 0.25) is 0 Å². The van der Waals surface area contributed by atoms with Crippen LogP contribution < -0.4 is 5.32 Å². The minimum atomic E-state index is -0.0681. The van der Waals surface area contributed by atoms with Gasteiger partial charge in [-0.05, 0) is 36.1 Å². The number of anilines is 1. The number of benzene rings is 2. The standard InChI is InChI=1S/C19H21N3O/c1-2-3-7-15-10-11-16-17(12-15)21-19(20-16)22-18(23)13-14-8-5-4-6-9-14/h4-6,8-12H,2-3,7,13H2,1H3,(H2,20,21,22,23). The van der Waals surface area contributed by atoms with E-state index in [1.807, 2.05) is 36.4 Å². The number of amides is 1. The molecular weight excluding hydrogens is 286 g/mol. The molecule has 0 bridgehead atoms. The minimum Gasteiger partial charge on any atom is -0.324 e. The zero-order valence-electron chi connectivity index (χ0n) is 13.3. The highest BCUT2D eigenvalue weighted by Gasteiger charge is 2.08. The van der Waals surface area contributed by atoms with E-state index in [0.717, 1.165) is 23.0 Å². The number of rotatable bonds is 6. The van der Waals surface area contributed by atoms with Gasteiger partial charge in [-0.3, -0.25) is 10.1 Å². The van der Waals surface area contributed by atoms with Crippen molar-refractivity contribution in [3.63, 3.8) is 0 Å². The van der Waals surface area contributed by atoms with Crippen molar-refractivity contribution < 1.29 is 4.79 Å². The van der Waals surface area contributed by atoms with Gasteiger partial charge < -0.3 is 4.98 Å². The number of H-pyrrole nitrogens is 1. The highest BCUT2D eigenvalue weighted by atomic mass is 16.1. The Hall–Kier alpha value is -2.62. The minimum absolute atomic E-state index is 0.0681. The molecule has 0 aliphatic heterocycles. The summed E-state index contributed by atoms with van der Waals surface area (Å²) in [5.74, 6) is 0.440. The first-order valence-electron chi connectivity index (χ1n) is 8.07. The van der Waals surface area contributed by atoms with Crippen molar-refractivity contribution in [3.8, 4) is 0 Å². The maximum Gasteiger partial charge on any atom is 0.231 e. The van der Waals surface area contributed by atoms with E-state index in [-0.39, 0.29) is 5.91 Å². The number of carbonyl (C=O) groups is 1. The Balaban J connectivity index is 1.69. The summed E-state index contributed by atoms with van der Waals surface area (Å²) in [4.78, 5) is 19.7. The monoisotopic (exact) mass is 307 g/mol. The number of carbonyl (C=O) groups excluding carboxylic acids is 1. The molecule has 1 amide bonds. The molecule has 2 aromatic carbocycles. The fourth-order valence-corrected chi connectivity index (χ4v) is 2.61.